The average Bonchev–Trinajstić information content (AvgIpc) is 3.12. The molecule has 1 N–H and O–H groups in total. The maximum atomic E-state index is 13.3. The van der Waals surface area contributed by atoms with Crippen molar-refractivity contribution in [1.29, 1.82) is 0 Å². The van der Waals surface area contributed by atoms with Gasteiger partial charge in [0.25, 0.3) is 5.91 Å². The number of para-hydroxylation sites is 1. The Kier molecular flexibility index (Phi) is 6.06. The normalized spacial score (nSPS) is 10.4. The van der Waals surface area contributed by atoms with E-state index in [0.717, 1.165) is 0 Å². The van der Waals surface area contributed by atoms with Crippen LogP contribution in [0.2, 0.25) is 0 Å². The Balaban J connectivity index is 2.00. The van der Waals surface area contributed by atoms with Crippen LogP contribution in [0.1, 0.15) is 27.6 Å². The molecule has 0 radical (unpaired) electrons. The van der Waals surface area contributed by atoms with Gasteiger partial charge in [0.05, 0.1) is 19.3 Å². The van der Waals surface area contributed by atoms with E-state index in [1.54, 1.807) is 48.7 Å². The van der Waals surface area contributed by atoms with Gasteiger partial charge in [0.2, 0.25) is 0 Å². The van der Waals surface area contributed by atoms with Gasteiger partial charge in [0.1, 0.15) is 22.1 Å². The number of carbonyl (C=O) groups is 2. The van der Waals surface area contributed by atoms with Crippen LogP contribution >= 0.6 is 11.3 Å². The second-order valence-electron chi connectivity index (χ2n) is 5.74. The molecule has 0 bridgehead atoms. The van der Waals surface area contributed by atoms with E-state index in [4.69, 9.17) is 9.47 Å². The highest BCUT2D eigenvalue weighted by Gasteiger charge is 2.24. The Bertz CT molecular complexity index is 998. The molecule has 0 saturated carbocycles. The minimum absolute atomic E-state index is 0.192. The number of ether oxygens (including phenoxy) is 2. The van der Waals surface area contributed by atoms with Gasteiger partial charge in [-0.15, -0.1) is 11.3 Å². The zero-order valence-electron chi connectivity index (χ0n) is 15.3. The molecule has 2 aromatic carbocycles. The van der Waals surface area contributed by atoms with Crippen molar-refractivity contribution >= 4 is 28.2 Å². The highest BCUT2D eigenvalue weighted by molar-refractivity contribution is 7.15. The van der Waals surface area contributed by atoms with Gasteiger partial charge in [0.15, 0.2) is 0 Å². The molecule has 7 heteroatoms. The summed E-state index contributed by atoms with van der Waals surface area (Å²) in [6.07, 6.45) is 0. The summed E-state index contributed by atoms with van der Waals surface area (Å²) in [5.74, 6) is -0.914. The minimum Gasteiger partial charge on any atom is -0.496 e. The topological polar surface area (TPSA) is 64.6 Å². The van der Waals surface area contributed by atoms with Gasteiger partial charge in [-0.25, -0.2) is 9.18 Å². The molecule has 3 rings (SSSR count). The lowest BCUT2D eigenvalue weighted by Gasteiger charge is -2.10. The zero-order valence-corrected chi connectivity index (χ0v) is 16.1. The molecule has 0 aliphatic rings. The van der Waals surface area contributed by atoms with Crippen LogP contribution in [0, 0.1) is 5.82 Å². The lowest BCUT2D eigenvalue weighted by molar-refractivity contribution is 0.0529. The van der Waals surface area contributed by atoms with Gasteiger partial charge in [-0.05, 0) is 36.8 Å². The molecule has 1 heterocycles. The van der Waals surface area contributed by atoms with E-state index in [-0.39, 0.29) is 18.0 Å². The van der Waals surface area contributed by atoms with Gasteiger partial charge in [0, 0.05) is 10.9 Å². The number of nitrogens with one attached hydrogen (secondary N) is 1. The van der Waals surface area contributed by atoms with Crippen molar-refractivity contribution < 1.29 is 23.5 Å². The van der Waals surface area contributed by atoms with Crippen molar-refractivity contribution in [1.82, 2.24) is 0 Å². The fraction of sp³-hybridized carbons (Fsp3) is 0.143. The van der Waals surface area contributed by atoms with Gasteiger partial charge in [-0.1, -0.05) is 24.3 Å². The molecular formula is C21H18FNO4S. The quantitative estimate of drug-likeness (QED) is 0.593. The van der Waals surface area contributed by atoms with E-state index in [9.17, 15) is 14.0 Å². The number of carbonyl (C=O) groups excluding carboxylic acids is 2. The number of rotatable bonds is 6. The predicted molar refractivity (Wildman–Crippen MR) is 107 cm³/mol. The molecule has 3 aromatic rings. The fourth-order valence-electron chi connectivity index (χ4n) is 2.70. The number of hydrogen-bond donors (Lipinski definition) is 1. The van der Waals surface area contributed by atoms with Crippen LogP contribution in [0.3, 0.4) is 0 Å². The maximum Gasteiger partial charge on any atom is 0.341 e. The summed E-state index contributed by atoms with van der Waals surface area (Å²) >= 11 is 1.20. The Hall–Kier alpha value is -3.19. The van der Waals surface area contributed by atoms with E-state index in [1.807, 2.05) is 0 Å². The second kappa shape index (κ2) is 8.67. The van der Waals surface area contributed by atoms with Gasteiger partial charge in [-0.2, -0.15) is 0 Å². The SMILES string of the molecule is CCOC(=O)c1c(-c2ccc(F)cc2)csc1NC(=O)c1ccccc1OC. The fourth-order valence-corrected chi connectivity index (χ4v) is 3.65. The van der Waals surface area contributed by atoms with Crippen LogP contribution < -0.4 is 10.1 Å². The Morgan fingerprint density at radius 1 is 1.11 bits per heavy atom. The molecule has 28 heavy (non-hydrogen) atoms. The van der Waals surface area contributed by atoms with Crippen molar-refractivity contribution in [3.05, 3.63) is 70.9 Å². The number of esters is 1. The van der Waals surface area contributed by atoms with Gasteiger partial charge in [-0.3, -0.25) is 4.79 Å². The van der Waals surface area contributed by atoms with Crippen LogP contribution in [0.5, 0.6) is 5.75 Å². The molecule has 0 atom stereocenters. The number of benzene rings is 2. The number of methoxy groups -OCH3 is 1. The zero-order chi connectivity index (χ0) is 20.1. The smallest absolute Gasteiger partial charge is 0.341 e. The first kappa shape index (κ1) is 19.6. The van der Waals surface area contributed by atoms with Crippen LogP contribution in [0.25, 0.3) is 11.1 Å². The summed E-state index contributed by atoms with van der Waals surface area (Å²) in [5.41, 5.74) is 1.80. The van der Waals surface area contributed by atoms with Crippen LogP contribution in [0.15, 0.2) is 53.9 Å². The number of halogens is 1. The van der Waals surface area contributed by atoms with Crippen LogP contribution in [0.4, 0.5) is 9.39 Å². The Morgan fingerprint density at radius 3 is 2.50 bits per heavy atom. The molecule has 144 valence electrons. The van der Waals surface area contributed by atoms with Crippen molar-refractivity contribution in [2.24, 2.45) is 0 Å². The largest absolute Gasteiger partial charge is 0.496 e. The third kappa shape index (κ3) is 4.04. The van der Waals surface area contributed by atoms with Crippen molar-refractivity contribution in [3.8, 4) is 16.9 Å². The molecule has 0 unspecified atom stereocenters. The summed E-state index contributed by atoms with van der Waals surface area (Å²) in [7, 11) is 1.48. The molecule has 1 amide bonds. The van der Waals surface area contributed by atoms with Gasteiger partial charge < -0.3 is 14.8 Å². The summed E-state index contributed by atoms with van der Waals surface area (Å²) < 4.78 is 23.6. The minimum atomic E-state index is -0.557. The van der Waals surface area contributed by atoms with E-state index in [0.29, 0.717) is 27.4 Å². The van der Waals surface area contributed by atoms with Crippen molar-refractivity contribution in [2.75, 3.05) is 19.0 Å². The highest BCUT2D eigenvalue weighted by Crippen LogP contribution is 2.37. The molecule has 0 aliphatic carbocycles. The Labute approximate surface area is 165 Å². The molecule has 5 nitrogen and oxygen atoms in total. The third-order valence-electron chi connectivity index (χ3n) is 4.00. The maximum absolute atomic E-state index is 13.3. The molecular weight excluding hydrogens is 381 g/mol. The number of amides is 1. The summed E-state index contributed by atoms with van der Waals surface area (Å²) in [4.78, 5) is 25.3. The Morgan fingerprint density at radius 2 is 1.82 bits per heavy atom. The standard InChI is InChI=1S/C21H18FNO4S/c1-3-27-21(25)18-16(13-8-10-14(22)11-9-13)12-28-20(18)23-19(24)15-6-4-5-7-17(15)26-2/h4-12H,3H2,1-2H3,(H,23,24). The summed E-state index contributed by atoms with van der Waals surface area (Å²) in [6.45, 7) is 1.90. The molecule has 0 spiro atoms. The molecule has 0 fully saturated rings. The average molecular weight is 399 g/mol. The third-order valence-corrected chi connectivity index (χ3v) is 4.90. The summed E-state index contributed by atoms with van der Waals surface area (Å²) in [5, 5.41) is 4.86. The first-order valence-corrected chi connectivity index (χ1v) is 9.42. The second-order valence-corrected chi connectivity index (χ2v) is 6.61. The number of hydrogen-bond acceptors (Lipinski definition) is 5. The van der Waals surface area contributed by atoms with E-state index >= 15 is 0 Å². The number of anilines is 1. The van der Waals surface area contributed by atoms with Crippen molar-refractivity contribution in [2.45, 2.75) is 6.92 Å². The van der Waals surface area contributed by atoms with Gasteiger partial charge >= 0.3 is 5.97 Å². The highest BCUT2D eigenvalue weighted by atomic mass is 32.1. The predicted octanol–water partition coefficient (Wildman–Crippen LogP) is 4.99. The van der Waals surface area contributed by atoms with E-state index in [1.165, 1.54) is 30.6 Å². The summed E-state index contributed by atoms with van der Waals surface area (Å²) in [6, 6.07) is 12.6. The molecule has 0 aliphatic heterocycles. The monoisotopic (exact) mass is 399 g/mol. The van der Waals surface area contributed by atoms with E-state index in [2.05, 4.69) is 5.32 Å². The number of thiophene rings is 1. The lowest BCUT2D eigenvalue weighted by Crippen LogP contribution is -2.15. The van der Waals surface area contributed by atoms with E-state index < -0.39 is 11.9 Å². The van der Waals surface area contributed by atoms with Crippen molar-refractivity contribution in [3.63, 3.8) is 0 Å². The lowest BCUT2D eigenvalue weighted by atomic mass is 10.0. The molecule has 1 aromatic heterocycles. The molecule has 0 saturated heterocycles. The van der Waals surface area contributed by atoms with Crippen LogP contribution in [-0.2, 0) is 4.74 Å². The van der Waals surface area contributed by atoms with Crippen LogP contribution in [-0.4, -0.2) is 25.6 Å². The first-order valence-electron chi connectivity index (χ1n) is 8.54. The first-order chi connectivity index (χ1) is 13.5.